The fourth-order valence-corrected chi connectivity index (χ4v) is 2.92. The average Bonchev–Trinajstić information content (AvgIpc) is 2.73. The van der Waals surface area contributed by atoms with E-state index in [9.17, 15) is 19.2 Å². The minimum absolute atomic E-state index is 0.0642. The third kappa shape index (κ3) is 7.10. The summed E-state index contributed by atoms with van der Waals surface area (Å²) >= 11 is 1.31. The molecule has 2 aromatic carbocycles. The van der Waals surface area contributed by atoms with Crippen molar-refractivity contribution in [3.8, 4) is 0 Å². The molecule has 30 heavy (non-hydrogen) atoms. The van der Waals surface area contributed by atoms with Gasteiger partial charge in [-0.15, -0.1) is 11.8 Å². The normalized spacial score (nSPS) is 10.8. The van der Waals surface area contributed by atoms with Crippen molar-refractivity contribution in [3.63, 3.8) is 0 Å². The Morgan fingerprint density at radius 1 is 0.967 bits per heavy atom. The molecule has 156 valence electrons. The van der Waals surface area contributed by atoms with Crippen LogP contribution in [-0.2, 0) is 19.1 Å². The number of hydrogen-bond acceptors (Lipinski definition) is 6. The SMILES string of the molecule is COC(=O)c1ccc(NC(=O)CSc2ccc(NC(=O)C=C(C)C(=O)O)cc2)cc1. The summed E-state index contributed by atoms with van der Waals surface area (Å²) in [5.74, 6) is -2.18. The molecule has 2 rings (SSSR count). The van der Waals surface area contributed by atoms with Gasteiger partial charge in [0.2, 0.25) is 11.8 Å². The second-order valence-electron chi connectivity index (χ2n) is 6.05. The average molecular weight is 428 g/mol. The molecule has 0 spiro atoms. The van der Waals surface area contributed by atoms with Crippen molar-refractivity contribution in [2.45, 2.75) is 11.8 Å². The summed E-state index contributed by atoms with van der Waals surface area (Å²) in [6.45, 7) is 1.33. The molecule has 2 amide bonds. The standard InChI is InChI=1S/C21H20N2O6S/c1-13(20(26)27)11-18(24)22-16-7-9-17(10-8-16)30-12-19(25)23-15-5-3-14(4-6-15)21(28)29-2/h3-11H,12H2,1-2H3,(H,22,24)(H,23,25)(H,26,27). The lowest BCUT2D eigenvalue weighted by atomic mass is 10.2. The molecule has 8 nitrogen and oxygen atoms in total. The number of carbonyl (C=O) groups is 4. The Balaban J connectivity index is 1.84. The maximum absolute atomic E-state index is 12.1. The number of hydrogen-bond donors (Lipinski definition) is 3. The predicted octanol–water partition coefficient (Wildman–Crippen LogP) is 3.17. The molecular formula is C21H20N2O6S. The number of carbonyl (C=O) groups excluding carboxylic acids is 3. The molecule has 0 aliphatic heterocycles. The summed E-state index contributed by atoms with van der Waals surface area (Å²) in [6, 6.07) is 13.2. The number of aliphatic carboxylic acids is 1. The van der Waals surface area contributed by atoms with Gasteiger partial charge in [0.05, 0.1) is 18.4 Å². The molecule has 2 aromatic rings. The number of benzene rings is 2. The van der Waals surface area contributed by atoms with Crippen molar-refractivity contribution in [1.82, 2.24) is 0 Å². The molecule has 0 bridgehead atoms. The first-order chi connectivity index (χ1) is 14.3. The highest BCUT2D eigenvalue weighted by atomic mass is 32.2. The Kier molecular flexibility index (Phi) is 8.18. The zero-order chi connectivity index (χ0) is 22.1. The summed E-state index contributed by atoms with van der Waals surface area (Å²) in [7, 11) is 1.30. The van der Waals surface area contributed by atoms with E-state index < -0.39 is 17.8 Å². The van der Waals surface area contributed by atoms with Crippen LogP contribution in [0.1, 0.15) is 17.3 Å². The zero-order valence-corrected chi connectivity index (χ0v) is 17.1. The van der Waals surface area contributed by atoms with Gasteiger partial charge in [0, 0.05) is 27.9 Å². The van der Waals surface area contributed by atoms with Crippen molar-refractivity contribution >= 4 is 46.9 Å². The molecule has 0 aliphatic rings. The molecule has 0 aliphatic carbocycles. The molecule has 0 atom stereocenters. The molecule has 0 unspecified atom stereocenters. The Bertz CT molecular complexity index is 968. The van der Waals surface area contributed by atoms with Crippen LogP contribution in [-0.4, -0.2) is 41.7 Å². The smallest absolute Gasteiger partial charge is 0.337 e. The van der Waals surface area contributed by atoms with Gasteiger partial charge in [0.25, 0.3) is 0 Å². The Hall–Kier alpha value is -3.59. The van der Waals surface area contributed by atoms with Gasteiger partial charge in [0.15, 0.2) is 0 Å². The van der Waals surface area contributed by atoms with E-state index >= 15 is 0 Å². The topological polar surface area (TPSA) is 122 Å². The monoisotopic (exact) mass is 428 g/mol. The van der Waals surface area contributed by atoms with Gasteiger partial charge in [-0.1, -0.05) is 0 Å². The summed E-state index contributed by atoms with van der Waals surface area (Å²) in [5, 5.41) is 14.1. The molecular weight excluding hydrogens is 408 g/mol. The number of rotatable bonds is 8. The second-order valence-corrected chi connectivity index (χ2v) is 7.10. The van der Waals surface area contributed by atoms with Gasteiger partial charge in [0.1, 0.15) is 0 Å². The molecule has 0 saturated carbocycles. The number of esters is 1. The molecule has 3 N–H and O–H groups in total. The summed E-state index contributed by atoms with van der Waals surface area (Å²) in [4.78, 5) is 46.8. The van der Waals surface area contributed by atoms with Crippen molar-refractivity contribution < 1.29 is 29.0 Å². The Morgan fingerprint density at radius 2 is 1.53 bits per heavy atom. The first-order valence-corrected chi connectivity index (χ1v) is 9.70. The lowest BCUT2D eigenvalue weighted by Gasteiger charge is -2.07. The number of thioether (sulfide) groups is 1. The number of nitrogens with one attached hydrogen (secondary N) is 2. The van der Waals surface area contributed by atoms with E-state index in [2.05, 4.69) is 15.4 Å². The minimum Gasteiger partial charge on any atom is -0.478 e. The van der Waals surface area contributed by atoms with Gasteiger partial charge >= 0.3 is 11.9 Å². The van der Waals surface area contributed by atoms with E-state index in [1.54, 1.807) is 48.5 Å². The van der Waals surface area contributed by atoms with Crippen molar-refractivity contribution in [2.75, 3.05) is 23.5 Å². The van der Waals surface area contributed by atoms with E-state index in [4.69, 9.17) is 5.11 Å². The quantitative estimate of drug-likeness (QED) is 0.335. The molecule has 9 heteroatoms. The van der Waals surface area contributed by atoms with Gasteiger partial charge < -0.3 is 20.5 Å². The van der Waals surface area contributed by atoms with E-state index in [0.717, 1.165) is 11.0 Å². The third-order valence-electron chi connectivity index (χ3n) is 3.77. The molecule has 0 aromatic heterocycles. The van der Waals surface area contributed by atoms with Crippen LogP contribution in [0.3, 0.4) is 0 Å². The van der Waals surface area contributed by atoms with Crippen LogP contribution < -0.4 is 10.6 Å². The number of amides is 2. The number of ether oxygens (including phenoxy) is 1. The van der Waals surface area contributed by atoms with Crippen LogP contribution in [0, 0.1) is 0 Å². The van der Waals surface area contributed by atoms with Crippen LogP contribution >= 0.6 is 11.8 Å². The highest BCUT2D eigenvalue weighted by Gasteiger charge is 2.08. The van der Waals surface area contributed by atoms with E-state index in [0.29, 0.717) is 16.9 Å². The van der Waals surface area contributed by atoms with Gasteiger partial charge in [-0.3, -0.25) is 9.59 Å². The van der Waals surface area contributed by atoms with E-state index in [1.807, 2.05) is 0 Å². The van der Waals surface area contributed by atoms with Gasteiger partial charge in [-0.25, -0.2) is 9.59 Å². The van der Waals surface area contributed by atoms with E-state index in [-0.39, 0.29) is 17.2 Å². The fraction of sp³-hybridized carbons (Fsp3) is 0.143. The van der Waals surface area contributed by atoms with Crippen LogP contribution in [0.4, 0.5) is 11.4 Å². The number of carboxylic acids is 1. The summed E-state index contributed by atoms with van der Waals surface area (Å²) in [6.07, 6.45) is 1.01. The Morgan fingerprint density at radius 3 is 2.10 bits per heavy atom. The maximum atomic E-state index is 12.1. The van der Waals surface area contributed by atoms with E-state index in [1.165, 1.54) is 25.8 Å². The Labute approximate surface area is 177 Å². The maximum Gasteiger partial charge on any atom is 0.337 e. The highest BCUT2D eigenvalue weighted by molar-refractivity contribution is 8.00. The molecule has 0 fully saturated rings. The van der Waals surface area contributed by atoms with Crippen molar-refractivity contribution in [3.05, 3.63) is 65.7 Å². The number of carboxylic acid groups (broad SMARTS) is 1. The van der Waals surface area contributed by atoms with Crippen molar-refractivity contribution in [1.29, 1.82) is 0 Å². The second kappa shape index (κ2) is 10.8. The fourth-order valence-electron chi connectivity index (χ4n) is 2.22. The van der Waals surface area contributed by atoms with Gasteiger partial charge in [-0.05, 0) is 55.5 Å². The molecule has 0 radical (unpaired) electrons. The minimum atomic E-state index is -1.16. The lowest BCUT2D eigenvalue weighted by molar-refractivity contribution is -0.132. The molecule has 0 heterocycles. The third-order valence-corrected chi connectivity index (χ3v) is 4.78. The first kappa shape index (κ1) is 22.7. The largest absolute Gasteiger partial charge is 0.478 e. The lowest BCUT2D eigenvalue weighted by Crippen LogP contribution is -2.14. The highest BCUT2D eigenvalue weighted by Crippen LogP contribution is 2.21. The van der Waals surface area contributed by atoms with Crippen LogP contribution in [0.2, 0.25) is 0 Å². The zero-order valence-electron chi connectivity index (χ0n) is 16.3. The van der Waals surface area contributed by atoms with Crippen LogP contribution in [0.5, 0.6) is 0 Å². The molecule has 0 saturated heterocycles. The summed E-state index contributed by atoms with van der Waals surface area (Å²) in [5.41, 5.74) is 1.40. The van der Waals surface area contributed by atoms with Crippen LogP contribution in [0.25, 0.3) is 0 Å². The van der Waals surface area contributed by atoms with Gasteiger partial charge in [-0.2, -0.15) is 0 Å². The predicted molar refractivity (Wildman–Crippen MR) is 114 cm³/mol. The number of anilines is 2. The summed E-state index contributed by atoms with van der Waals surface area (Å²) < 4.78 is 4.62. The first-order valence-electron chi connectivity index (χ1n) is 8.72. The van der Waals surface area contributed by atoms with Crippen LogP contribution in [0.15, 0.2) is 65.1 Å². The number of methoxy groups -OCH3 is 1. The van der Waals surface area contributed by atoms with Crippen molar-refractivity contribution in [2.24, 2.45) is 0 Å².